The van der Waals surface area contributed by atoms with E-state index in [2.05, 4.69) is 58.1 Å². The number of carbonyl (C=O) groups excluding carboxylic acids is 1. The number of nitrogens with one attached hydrogen (secondary N) is 3. The van der Waals surface area contributed by atoms with Crippen molar-refractivity contribution in [2.24, 2.45) is 0 Å². The van der Waals surface area contributed by atoms with Gasteiger partial charge in [0.15, 0.2) is 5.58 Å². The number of nitrogen functional groups attached to an aromatic ring is 2. The molecule has 22 heteroatoms. The van der Waals surface area contributed by atoms with Crippen LogP contribution in [0.15, 0.2) is 91.2 Å². The van der Waals surface area contributed by atoms with E-state index in [1.165, 1.54) is 62.1 Å². The van der Waals surface area contributed by atoms with E-state index < -0.39 is 32.5 Å². The molecule has 68 heavy (non-hydrogen) atoms. The molecular formula is C46H59ClN7O13Pd-. The fourth-order valence-corrected chi connectivity index (χ4v) is 5.93. The van der Waals surface area contributed by atoms with Crippen LogP contribution in [0.2, 0.25) is 0 Å². The monoisotopic (exact) mass is 1060 g/mol. The summed E-state index contributed by atoms with van der Waals surface area (Å²) >= 11 is 4.97. The van der Waals surface area contributed by atoms with E-state index in [4.69, 9.17) is 37.2 Å². The molecule has 4 aromatic carbocycles. The number of hydrogen-bond donors (Lipinski definition) is 7. The Morgan fingerprint density at radius 3 is 1.54 bits per heavy atom. The fraction of sp³-hybridized carbons (Fsp3) is 0.348. The Morgan fingerprint density at radius 2 is 1.13 bits per heavy atom. The minimum atomic E-state index is -0.904. The number of hydrogen-bond acceptors (Lipinski definition) is 16. The molecule has 2 heterocycles. The van der Waals surface area contributed by atoms with Crippen molar-refractivity contribution >= 4 is 67.7 Å². The molecule has 374 valence electrons. The summed E-state index contributed by atoms with van der Waals surface area (Å²) in [6, 6.07) is 15.8. The molecule has 0 fully saturated rings. The van der Waals surface area contributed by atoms with Crippen molar-refractivity contribution < 1.29 is 64.0 Å². The molecule has 9 N–H and O–H groups in total. The first-order chi connectivity index (χ1) is 30.6. The second-order valence-electron chi connectivity index (χ2n) is 17.9. The van der Waals surface area contributed by atoms with Gasteiger partial charge in [0.25, 0.3) is 0 Å². The third-order valence-electron chi connectivity index (χ3n) is 9.53. The summed E-state index contributed by atoms with van der Waals surface area (Å²) in [6.45, 7) is 17.8. The van der Waals surface area contributed by atoms with Crippen LogP contribution in [-0.2, 0) is 41.7 Å². The Hall–Kier alpha value is -6.50. The number of nitrogens with zero attached hydrogens (tertiary/aromatic N) is 2. The summed E-state index contributed by atoms with van der Waals surface area (Å²) in [5, 5.41) is 39.0. The standard InChI is InChI=1S/C11H12N2O4.C11H14N2O2.C10H14N2O3.C7H6ClNO4.C6H10.CH3.Pd/c1-11(2,3)6-4-7-9(17-10(14)12-7)8(5-6)13(15)16;1-11(2,3)6-4-7(12)9-8(5-6)13-10(14)15-9;1-10(2,3)6-4-7(11)9(13)8(5-6)12(14)15;8-7(10)12-6-3-1-5(2-4-6)9-13-11;1-2-4-6-5-3-1;;/h4-5H,1-3H3,(H,12,14);4-5H,12H2,1-3H3,(H,13,14);4-5,13H,11H2,1-3H3;1-4,9,11H;1-2H,3-6H2;1H3;/q;;;;;-1;. The molecule has 0 radical (unpaired) electrons. The van der Waals surface area contributed by atoms with Gasteiger partial charge >= 0.3 is 28.3 Å². The van der Waals surface area contributed by atoms with Gasteiger partial charge < -0.3 is 37.6 Å². The predicted molar refractivity (Wildman–Crippen MR) is 260 cm³/mol. The zero-order valence-electron chi connectivity index (χ0n) is 39.4. The molecule has 0 atom stereocenters. The summed E-state index contributed by atoms with van der Waals surface area (Å²) < 4.78 is 14.2. The van der Waals surface area contributed by atoms with Gasteiger partial charge in [-0.15, -0.1) is 4.99 Å². The Labute approximate surface area is 410 Å². The largest absolute Gasteiger partial charge is 0.501 e. The Kier molecular flexibility index (Phi) is 22.4. The van der Waals surface area contributed by atoms with E-state index >= 15 is 0 Å². The van der Waals surface area contributed by atoms with Gasteiger partial charge in [-0.1, -0.05) is 74.5 Å². The van der Waals surface area contributed by atoms with Gasteiger partial charge in [0.2, 0.25) is 11.3 Å². The number of aromatic amines is 2. The van der Waals surface area contributed by atoms with Crippen molar-refractivity contribution in [2.45, 2.75) is 104 Å². The summed E-state index contributed by atoms with van der Waals surface area (Å²) in [4.78, 5) is 61.5. The molecular weight excluding hydrogens is 1000 g/mol. The number of aromatic nitrogens is 2. The maximum Gasteiger partial charge on any atom is 0.417 e. The quantitative estimate of drug-likeness (QED) is 0.00971. The van der Waals surface area contributed by atoms with Crippen LogP contribution in [-0.4, -0.2) is 35.6 Å². The number of rotatable bonds is 5. The van der Waals surface area contributed by atoms with Crippen LogP contribution in [0, 0.1) is 27.7 Å². The van der Waals surface area contributed by atoms with Crippen molar-refractivity contribution in [3.8, 4) is 11.5 Å². The third-order valence-corrected chi connectivity index (χ3v) is 9.61. The molecule has 0 amide bonds. The van der Waals surface area contributed by atoms with Crippen molar-refractivity contribution in [2.75, 3.05) is 16.9 Å². The third kappa shape index (κ3) is 18.0. The van der Waals surface area contributed by atoms with Gasteiger partial charge in [0.1, 0.15) is 5.75 Å². The Morgan fingerprint density at radius 1 is 0.721 bits per heavy atom. The zero-order valence-corrected chi connectivity index (χ0v) is 41.7. The fourth-order valence-electron chi connectivity index (χ4n) is 5.84. The normalized spacial score (nSPS) is 11.9. The van der Waals surface area contributed by atoms with Crippen molar-refractivity contribution in [3.05, 3.63) is 138 Å². The molecule has 1 aliphatic carbocycles. The van der Waals surface area contributed by atoms with Crippen LogP contribution in [0.1, 0.15) is 105 Å². The molecule has 0 saturated carbocycles. The van der Waals surface area contributed by atoms with Crippen molar-refractivity contribution in [1.82, 2.24) is 9.97 Å². The number of halogens is 1. The van der Waals surface area contributed by atoms with Crippen LogP contribution in [0.4, 0.5) is 33.2 Å². The van der Waals surface area contributed by atoms with E-state index in [1.807, 2.05) is 53.7 Å². The van der Waals surface area contributed by atoms with Gasteiger partial charge in [-0.05, 0) is 107 Å². The summed E-state index contributed by atoms with van der Waals surface area (Å²) in [6.07, 6.45) is 10.0. The SMILES string of the molecule is C1=CCCCC1.CC(C)(C)c1cc(N)c(O)c([N+](=O)[O-])c1.CC(C)(C)c1cc(N)c2oc(=O)[nH]c2c1.CC(C)(C)c1cc([N+](=O)[O-])c2oc(=O)[nH]c2c1.O=C(Cl)Oc1ccc(NOO)cc1.[CH3-].[Pd]. The predicted octanol–water partition coefficient (Wildman–Crippen LogP) is 11.3. The molecule has 0 saturated heterocycles. The molecule has 6 aromatic rings. The maximum atomic E-state index is 11.1. The number of anilines is 3. The van der Waals surface area contributed by atoms with Gasteiger partial charge in [-0.2, -0.15) is 0 Å². The van der Waals surface area contributed by atoms with Crippen molar-refractivity contribution in [1.29, 1.82) is 0 Å². The molecule has 20 nitrogen and oxygen atoms in total. The summed E-state index contributed by atoms with van der Waals surface area (Å²) in [7, 11) is 0. The van der Waals surface area contributed by atoms with Gasteiger partial charge in [-0.25, -0.2) is 25.1 Å². The van der Waals surface area contributed by atoms with E-state index in [0.717, 1.165) is 16.7 Å². The van der Waals surface area contributed by atoms with E-state index in [9.17, 15) is 39.7 Å². The molecule has 0 unspecified atom stereocenters. The molecule has 0 bridgehead atoms. The van der Waals surface area contributed by atoms with E-state index in [-0.39, 0.29) is 66.7 Å². The second-order valence-corrected chi connectivity index (χ2v) is 18.2. The number of nitrogens with two attached hydrogens (primary N) is 2. The average Bonchev–Trinajstić information content (AvgIpc) is 3.80. The first kappa shape index (κ1) is 59.5. The molecule has 2 aromatic heterocycles. The maximum absolute atomic E-state index is 11.1. The van der Waals surface area contributed by atoms with Gasteiger partial charge in [-0.3, -0.25) is 30.2 Å². The number of aromatic hydroxyl groups is 1. The number of ether oxygens (including phenoxy) is 1. The number of phenolic OH excluding ortho intramolecular Hbond substituents is 1. The van der Waals surface area contributed by atoms with Crippen LogP contribution < -0.4 is 33.2 Å². The molecule has 7 rings (SSSR count). The van der Waals surface area contributed by atoms with E-state index in [0.29, 0.717) is 33.7 Å². The minimum Gasteiger partial charge on any atom is -0.501 e. The number of oxazole rings is 2. The number of fused-ring (bicyclic) bond motifs is 2. The summed E-state index contributed by atoms with van der Waals surface area (Å²) in [5.41, 5.74) is 16.6. The smallest absolute Gasteiger partial charge is 0.417 e. The topological polar surface area (TPSA) is 318 Å². The number of phenols is 1. The number of H-pyrrole nitrogens is 2. The number of allylic oxidation sites excluding steroid dienone is 2. The molecule has 1 aliphatic rings. The first-order valence-corrected chi connectivity index (χ1v) is 20.7. The van der Waals surface area contributed by atoms with Crippen LogP contribution >= 0.6 is 11.6 Å². The number of carbonyl (C=O) groups is 1. The van der Waals surface area contributed by atoms with Crippen LogP contribution in [0.5, 0.6) is 11.5 Å². The molecule has 0 spiro atoms. The number of benzene rings is 4. The Bertz CT molecular complexity index is 2770. The first-order valence-electron chi connectivity index (χ1n) is 20.3. The number of nitro groups is 2. The minimum absolute atomic E-state index is 0. The van der Waals surface area contributed by atoms with Gasteiger partial charge in [0.05, 0.1) is 37.9 Å². The van der Waals surface area contributed by atoms with E-state index in [1.54, 1.807) is 12.1 Å². The van der Waals surface area contributed by atoms with Crippen LogP contribution in [0.25, 0.3) is 22.2 Å². The van der Waals surface area contributed by atoms with Crippen molar-refractivity contribution in [3.63, 3.8) is 0 Å². The Balaban J connectivity index is 0.000000432. The molecule has 0 aliphatic heterocycles. The summed E-state index contributed by atoms with van der Waals surface area (Å²) in [5.74, 6) is -1.31. The average molecular weight is 1060 g/mol. The van der Waals surface area contributed by atoms with Gasteiger partial charge in [0, 0.05) is 44.2 Å². The number of nitro benzene ring substituents is 2. The van der Waals surface area contributed by atoms with Crippen LogP contribution in [0.3, 0.4) is 0 Å². The second kappa shape index (κ2) is 25.6. The zero-order chi connectivity index (χ0) is 49.7. The number of non-ortho nitro benzene ring substituents is 1.